The van der Waals surface area contributed by atoms with E-state index in [9.17, 15) is 0 Å². The number of aromatic nitrogens is 3. The summed E-state index contributed by atoms with van der Waals surface area (Å²) in [4.78, 5) is 3.69. The summed E-state index contributed by atoms with van der Waals surface area (Å²) in [6.45, 7) is 3.37. The van der Waals surface area contributed by atoms with E-state index in [1.807, 2.05) is 0 Å². The van der Waals surface area contributed by atoms with Crippen LogP contribution in [0.2, 0.25) is 0 Å². The Morgan fingerprint density at radius 3 is 3.12 bits per heavy atom. The van der Waals surface area contributed by atoms with Crippen molar-refractivity contribution in [2.24, 2.45) is 0 Å². The maximum absolute atomic E-state index is 3.75. The van der Waals surface area contributed by atoms with Crippen molar-refractivity contribution >= 4 is 6.20 Å². The van der Waals surface area contributed by atoms with Gasteiger partial charge in [0, 0.05) is 0 Å². The fourth-order valence-corrected chi connectivity index (χ4v) is 0.378. The van der Waals surface area contributed by atoms with Crippen LogP contribution in [0.15, 0.2) is 25.0 Å². The highest BCUT2D eigenvalue weighted by Crippen LogP contribution is 1.76. The van der Waals surface area contributed by atoms with Crippen molar-refractivity contribution in [3.8, 4) is 0 Å². The van der Waals surface area contributed by atoms with Gasteiger partial charge in [0.05, 0.1) is 6.20 Å². The van der Waals surface area contributed by atoms with Gasteiger partial charge in [0.1, 0.15) is 12.7 Å². The summed E-state index contributed by atoms with van der Waals surface area (Å²) >= 11 is 0. The van der Waals surface area contributed by atoms with Crippen molar-refractivity contribution in [1.82, 2.24) is 14.8 Å². The number of hydrogen-bond acceptors (Lipinski definition) is 2. The van der Waals surface area contributed by atoms with Gasteiger partial charge in [-0.15, -0.1) is 5.73 Å². The Labute approximate surface area is 47.0 Å². The van der Waals surface area contributed by atoms with E-state index in [0.717, 1.165) is 0 Å². The Morgan fingerprint density at radius 2 is 2.62 bits per heavy atom. The molecule has 0 N–H and O–H groups in total. The van der Waals surface area contributed by atoms with Gasteiger partial charge in [0.25, 0.3) is 0 Å². The second kappa shape index (κ2) is 2.09. The van der Waals surface area contributed by atoms with Crippen molar-refractivity contribution in [1.29, 1.82) is 0 Å². The lowest BCUT2D eigenvalue weighted by atomic mass is 10.9. The molecule has 3 nitrogen and oxygen atoms in total. The first-order valence-corrected chi connectivity index (χ1v) is 2.13. The number of rotatable bonds is 1. The van der Waals surface area contributed by atoms with Crippen LogP contribution >= 0.6 is 0 Å². The summed E-state index contributed by atoms with van der Waals surface area (Å²) in [5.74, 6) is 0. The zero-order valence-electron chi connectivity index (χ0n) is 4.28. The van der Waals surface area contributed by atoms with Crippen molar-refractivity contribution < 1.29 is 0 Å². The van der Waals surface area contributed by atoms with Crippen LogP contribution in [0.25, 0.3) is 6.20 Å². The molecule has 0 spiro atoms. The molecule has 8 heavy (non-hydrogen) atoms. The van der Waals surface area contributed by atoms with E-state index in [1.165, 1.54) is 11.0 Å². The van der Waals surface area contributed by atoms with Crippen LogP contribution in [0.3, 0.4) is 0 Å². The maximum Gasteiger partial charge on any atom is 0.138 e. The lowest BCUT2D eigenvalue weighted by Gasteiger charge is -1.78. The molecule has 1 aromatic rings. The summed E-state index contributed by atoms with van der Waals surface area (Å²) in [5, 5.41) is 3.75. The molecule has 0 aromatic carbocycles. The molecule has 0 radical (unpaired) electrons. The third-order valence-corrected chi connectivity index (χ3v) is 0.660. The van der Waals surface area contributed by atoms with Crippen LogP contribution in [-0.4, -0.2) is 14.8 Å². The Hall–Kier alpha value is -1.34. The third-order valence-electron chi connectivity index (χ3n) is 0.660. The first kappa shape index (κ1) is 4.81. The van der Waals surface area contributed by atoms with Crippen molar-refractivity contribution in [2.45, 2.75) is 0 Å². The van der Waals surface area contributed by atoms with Gasteiger partial charge in [-0.3, -0.25) is 0 Å². The van der Waals surface area contributed by atoms with E-state index in [-0.39, 0.29) is 0 Å². The van der Waals surface area contributed by atoms with Gasteiger partial charge in [-0.25, -0.2) is 9.67 Å². The molecule has 0 unspecified atom stereocenters. The minimum absolute atomic E-state index is 1.45. The molecule has 0 fully saturated rings. The zero-order chi connectivity index (χ0) is 5.82. The molecule has 0 aliphatic heterocycles. The fourth-order valence-electron chi connectivity index (χ4n) is 0.378. The second-order valence-electron chi connectivity index (χ2n) is 1.21. The monoisotopic (exact) mass is 107 g/mol. The highest BCUT2D eigenvalue weighted by atomic mass is 15.3. The van der Waals surface area contributed by atoms with E-state index in [2.05, 4.69) is 22.4 Å². The molecule has 0 aliphatic rings. The Kier molecular flexibility index (Phi) is 1.26. The molecule has 1 heterocycles. The molecular formula is C5H5N3. The standard InChI is InChI=1S/C5H5N3/c1-2-3-8-5-6-4-7-8/h3-5H,1H2. The van der Waals surface area contributed by atoms with Crippen LogP contribution in [0, 0.1) is 0 Å². The lowest BCUT2D eigenvalue weighted by molar-refractivity contribution is 0.935. The molecule has 0 atom stereocenters. The summed E-state index contributed by atoms with van der Waals surface area (Å²) in [5.41, 5.74) is 2.56. The summed E-state index contributed by atoms with van der Waals surface area (Å²) in [7, 11) is 0. The Morgan fingerprint density at radius 1 is 1.75 bits per heavy atom. The van der Waals surface area contributed by atoms with Gasteiger partial charge >= 0.3 is 0 Å². The molecule has 0 aliphatic carbocycles. The van der Waals surface area contributed by atoms with Gasteiger partial charge in [-0.1, -0.05) is 6.58 Å². The summed E-state index contributed by atoms with van der Waals surface area (Å²) in [6, 6.07) is 0. The van der Waals surface area contributed by atoms with Crippen molar-refractivity contribution in [3.05, 3.63) is 25.0 Å². The minimum Gasteiger partial charge on any atom is -0.223 e. The average Bonchev–Trinajstić information content (AvgIpc) is 2.19. The maximum atomic E-state index is 3.75. The van der Waals surface area contributed by atoms with Crippen molar-refractivity contribution in [3.63, 3.8) is 0 Å². The molecule has 0 bridgehead atoms. The van der Waals surface area contributed by atoms with Crippen LogP contribution in [0.5, 0.6) is 0 Å². The van der Waals surface area contributed by atoms with Crippen LogP contribution in [-0.2, 0) is 0 Å². The van der Waals surface area contributed by atoms with E-state index in [0.29, 0.717) is 0 Å². The van der Waals surface area contributed by atoms with Gasteiger partial charge < -0.3 is 0 Å². The first-order chi connectivity index (χ1) is 3.93. The van der Waals surface area contributed by atoms with Gasteiger partial charge in [0.2, 0.25) is 0 Å². The van der Waals surface area contributed by atoms with E-state index >= 15 is 0 Å². The Balaban J connectivity index is 2.93. The molecule has 3 heteroatoms. The first-order valence-electron chi connectivity index (χ1n) is 2.13. The fraction of sp³-hybridized carbons (Fsp3) is 0. The average molecular weight is 107 g/mol. The van der Waals surface area contributed by atoms with E-state index in [4.69, 9.17) is 0 Å². The Bertz CT molecular complexity index is 193. The minimum atomic E-state index is 1.45. The van der Waals surface area contributed by atoms with E-state index in [1.54, 1.807) is 12.5 Å². The molecule has 40 valence electrons. The quantitative estimate of drug-likeness (QED) is 0.490. The normalized spacial score (nSPS) is 8.00. The SMILES string of the molecule is C=C=Cn1cncn1. The van der Waals surface area contributed by atoms with Crippen LogP contribution < -0.4 is 0 Å². The smallest absolute Gasteiger partial charge is 0.138 e. The van der Waals surface area contributed by atoms with Gasteiger partial charge in [-0.2, -0.15) is 5.10 Å². The topological polar surface area (TPSA) is 30.7 Å². The van der Waals surface area contributed by atoms with E-state index < -0.39 is 0 Å². The van der Waals surface area contributed by atoms with Gasteiger partial charge in [-0.05, 0) is 0 Å². The molecule has 0 saturated carbocycles. The van der Waals surface area contributed by atoms with Crippen LogP contribution in [0.4, 0.5) is 0 Å². The third kappa shape index (κ3) is 0.832. The number of nitrogens with zero attached hydrogens (tertiary/aromatic N) is 3. The highest BCUT2D eigenvalue weighted by Gasteiger charge is 1.76. The summed E-state index contributed by atoms with van der Waals surface area (Å²) in [6.07, 6.45) is 4.61. The van der Waals surface area contributed by atoms with Gasteiger partial charge in [0.15, 0.2) is 0 Å². The molecule has 1 rings (SSSR count). The summed E-state index contributed by atoms with van der Waals surface area (Å²) < 4.78 is 1.52. The number of hydrogen-bond donors (Lipinski definition) is 0. The highest BCUT2D eigenvalue weighted by molar-refractivity contribution is 5.14. The second-order valence-corrected chi connectivity index (χ2v) is 1.21. The predicted octanol–water partition coefficient (Wildman–Crippen LogP) is 0.534. The predicted molar refractivity (Wildman–Crippen MR) is 29.9 cm³/mol. The lowest BCUT2D eigenvalue weighted by Crippen LogP contribution is -1.81. The molecule has 1 aromatic heterocycles. The molecular weight excluding hydrogens is 102 g/mol. The van der Waals surface area contributed by atoms with Crippen LogP contribution in [0.1, 0.15) is 0 Å². The molecule has 0 amide bonds. The molecule has 0 saturated heterocycles. The van der Waals surface area contributed by atoms with Crippen molar-refractivity contribution in [2.75, 3.05) is 0 Å². The zero-order valence-corrected chi connectivity index (χ0v) is 4.28. The largest absolute Gasteiger partial charge is 0.223 e.